The monoisotopic (exact) mass is 507 g/mol. The molecule has 2 aliphatic rings. The van der Waals surface area contributed by atoms with Crippen LogP contribution in [0.1, 0.15) is 29.6 Å². The van der Waals surface area contributed by atoms with E-state index in [0.717, 1.165) is 29.5 Å². The molecule has 0 saturated carbocycles. The highest BCUT2D eigenvalue weighted by Gasteiger charge is 2.49. The number of imidazole rings is 1. The van der Waals surface area contributed by atoms with E-state index in [1.165, 1.54) is 6.07 Å². The number of anilines is 1. The van der Waals surface area contributed by atoms with Gasteiger partial charge in [0.15, 0.2) is 17.3 Å². The summed E-state index contributed by atoms with van der Waals surface area (Å²) < 4.78 is 17.6. The Morgan fingerprint density at radius 1 is 1.09 bits per heavy atom. The Kier molecular flexibility index (Phi) is 4.83. The molecule has 1 aromatic carbocycles. The Labute approximate surface area is 197 Å². The van der Waals surface area contributed by atoms with Crippen molar-refractivity contribution in [3.63, 3.8) is 0 Å². The fourth-order valence-corrected chi connectivity index (χ4v) is 5.51. The average molecular weight is 508 g/mol. The minimum atomic E-state index is -0.506. The van der Waals surface area contributed by atoms with E-state index in [4.69, 9.17) is 0 Å². The highest BCUT2D eigenvalue weighted by atomic mass is 79.9. The van der Waals surface area contributed by atoms with Gasteiger partial charge in [-0.1, -0.05) is 6.07 Å². The number of halogens is 2. The average Bonchev–Trinajstić information content (AvgIpc) is 3.52. The van der Waals surface area contributed by atoms with Gasteiger partial charge in [0.2, 0.25) is 0 Å². The molecule has 166 valence electrons. The maximum absolute atomic E-state index is 14.8. The molecule has 0 aliphatic carbocycles. The number of aromatic nitrogens is 5. The van der Waals surface area contributed by atoms with Crippen molar-refractivity contribution in [2.45, 2.75) is 37.4 Å². The molecule has 1 N–H and O–H groups in total. The zero-order chi connectivity index (χ0) is 22.5. The minimum absolute atomic E-state index is 0.0178. The van der Waals surface area contributed by atoms with Crippen molar-refractivity contribution in [2.75, 3.05) is 5.32 Å². The summed E-state index contributed by atoms with van der Waals surface area (Å²) in [7, 11) is 0. The molecule has 2 aliphatic heterocycles. The van der Waals surface area contributed by atoms with Gasteiger partial charge in [-0.15, -0.1) is 0 Å². The summed E-state index contributed by atoms with van der Waals surface area (Å²) in [4.78, 5) is 32.9. The number of nitrogens with zero attached hydrogens (tertiary/aromatic N) is 6. The molecule has 3 aromatic heterocycles. The van der Waals surface area contributed by atoms with E-state index < -0.39 is 5.82 Å². The van der Waals surface area contributed by atoms with Crippen molar-refractivity contribution in [1.82, 2.24) is 29.2 Å². The van der Waals surface area contributed by atoms with Gasteiger partial charge in [-0.2, -0.15) is 0 Å². The Bertz CT molecular complexity index is 1360. The second kappa shape index (κ2) is 7.87. The summed E-state index contributed by atoms with van der Waals surface area (Å²) in [5.41, 5.74) is 1.16. The number of benzene rings is 1. The Morgan fingerprint density at radius 3 is 2.79 bits per heavy atom. The van der Waals surface area contributed by atoms with E-state index in [1.54, 1.807) is 43.0 Å². The summed E-state index contributed by atoms with van der Waals surface area (Å²) in [6.45, 7) is 0. The molecule has 8 nitrogen and oxygen atoms in total. The molecule has 6 rings (SSSR count). The molecule has 3 atom stereocenters. The van der Waals surface area contributed by atoms with Gasteiger partial charge in [0.25, 0.3) is 5.91 Å². The molecule has 3 unspecified atom stereocenters. The van der Waals surface area contributed by atoms with Crippen molar-refractivity contribution in [3.8, 4) is 11.4 Å². The lowest BCUT2D eigenvalue weighted by molar-refractivity contribution is 0.0728. The summed E-state index contributed by atoms with van der Waals surface area (Å²) in [5, 5.41) is 3.51. The minimum Gasteiger partial charge on any atom is -0.362 e. The number of nitrogens with one attached hydrogen (secondary N) is 1. The molecule has 2 bridgehead atoms. The molecule has 10 heteroatoms. The molecular weight excluding hydrogens is 489 g/mol. The molecule has 1 amide bonds. The predicted octanol–water partition coefficient (Wildman–Crippen LogP) is 3.95. The van der Waals surface area contributed by atoms with Gasteiger partial charge in [-0.3, -0.25) is 9.20 Å². The van der Waals surface area contributed by atoms with Crippen molar-refractivity contribution in [3.05, 3.63) is 71.2 Å². The lowest BCUT2D eigenvalue weighted by Crippen LogP contribution is -2.40. The molecular formula is C23H19BrFN7O. The number of carbonyl (C=O) groups excluding carboxylic acids is 1. The van der Waals surface area contributed by atoms with E-state index in [9.17, 15) is 9.18 Å². The smallest absolute Gasteiger partial charge is 0.255 e. The second-order valence-corrected chi connectivity index (χ2v) is 9.10. The van der Waals surface area contributed by atoms with Crippen LogP contribution in [0.15, 0.2) is 59.9 Å². The van der Waals surface area contributed by atoms with Crippen molar-refractivity contribution in [2.24, 2.45) is 0 Å². The van der Waals surface area contributed by atoms with Crippen LogP contribution in [0.5, 0.6) is 0 Å². The first-order valence-electron chi connectivity index (χ1n) is 10.7. The van der Waals surface area contributed by atoms with Gasteiger partial charge < -0.3 is 10.2 Å². The SMILES string of the molecule is O=C(c1cccc(F)c1-c1ncccn1)N1C2CCC1C(Nc1nccn3c(Br)cnc13)C2. The van der Waals surface area contributed by atoms with Crippen molar-refractivity contribution in [1.29, 1.82) is 0 Å². The molecule has 0 radical (unpaired) electrons. The molecule has 4 aromatic rings. The number of carbonyl (C=O) groups is 1. The van der Waals surface area contributed by atoms with Crippen LogP contribution in [0.3, 0.4) is 0 Å². The lowest BCUT2D eigenvalue weighted by atomic mass is 9.95. The van der Waals surface area contributed by atoms with Crippen molar-refractivity contribution < 1.29 is 9.18 Å². The Hall–Kier alpha value is -3.40. The summed E-state index contributed by atoms with van der Waals surface area (Å²) in [6, 6.07) is 6.31. The van der Waals surface area contributed by atoms with Gasteiger partial charge >= 0.3 is 0 Å². The summed E-state index contributed by atoms with van der Waals surface area (Å²) >= 11 is 3.48. The largest absolute Gasteiger partial charge is 0.362 e. The number of amides is 1. The Morgan fingerprint density at radius 2 is 1.94 bits per heavy atom. The van der Waals surface area contributed by atoms with Crippen LogP contribution >= 0.6 is 15.9 Å². The predicted molar refractivity (Wildman–Crippen MR) is 123 cm³/mol. The third kappa shape index (κ3) is 3.28. The molecule has 33 heavy (non-hydrogen) atoms. The normalized spacial score (nSPS) is 21.6. The first-order chi connectivity index (χ1) is 16.1. The number of hydrogen-bond acceptors (Lipinski definition) is 6. The Balaban J connectivity index is 1.32. The number of fused-ring (bicyclic) bond motifs is 3. The highest BCUT2D eigenvalue weighted by Crippen LogP contribution is 2.41. The van der Waals surface area contributed by atoms with Gasteiger partial charge in [0.05, 0.1) is 29.4 Å². The van der Waals surface area contributed by atoms with Crippen LogP contribution in [0.2, 0.25) is 0 Å². The van der Waals surface area contributed by atoms with Crippen LogP contribution < -0.4 is 5.32 Å². The first-order valence-corrected chi connectivity index (χ1v) is 11.5. The van der Waals surface area contributed by atoms with Crippen molar-refractivity contribution >= 4 is 33.3 Å². The first kappa shape index (κ1) is 20.2. The fourth-order valence-electron chi connectivity index (χ4n) is 5.12. The lowest BCUT2D eigenvalue weighted by Gasteiger charge is -2.26. The van der Waals surface area contributed by atoms with Crippen LogP contribution in [-0.2, 0) is 0 Å². The summed E-state index contributed by atoms with van der Waals surface area (Å²) in [5.74, 6) is 0.190. The van der Waals surface area contributed by atoms with Gasteiger partial charge in [0, 0.05) is 30.8 Å². The molecule has 5 heterocycles. The zero-order valence-corrected chi connectivity index (χ0v) is 19.0. The number of hydrogen-bond donors (Lipinski definition) is 1. The van der Waals surface area contributed by atoms with Gasteiger partial charge in [-0.25, -0.2) is 24.3 Å². The molecule has 0 spiro atoms. The second-order valence-electron chi connectivity index (χ2n) is 8.28. The van der Waals surface area contributed by atoms with Gasteiger partial charge in [0.1, 0.15) is 10.4 Å². The topological polar surface area (TPSA) is 88.3 Å². The van der Waals surface area contributed by atoms with Crippen LogP contribution in [0.25, 0.3) is 17.0 Å². The van der Waals surface area contributed by atoms with E-state index in [1.807, 2.05) is 15.5 Å². The maximum atomic E-state index is 14.8. The van der Waals surface area contributed by atoms with E-state index >= 15 is 0 Å². The van der Waals surface area contributed by atoms with E-state index in [0.29, 0.717) is 5.82 Å². The van der Waals surface area contributed by atoms with E-state index in [-0.39, 0.29) is 41.0 Å². The van der Waals surface area contributed by atoms with Gasteiger partial charge in [-0.05, 0) is 53.4 Å². The highest BCUT2D eigenvalue weighted by molar-refractivity contribution is 9.10. The molecule has 2 saturated heterocycles. The molecule has 2 fully saturated rings. The van der Waals surface area contributed by atoms with Crippen LogP contribution in [0.4, 0.5) is 10.2 Å². The third-order valence-corrected chi connectivity index (χ3v) is 7.10. The fraction of sp³-hybridized carbons (Fsp3) is 0.261. The zero-order valence-electron chi connectivity index (χ0n) is 17.4. The maximum Gasteiger partial charge on any atom is 0.255 e. The third-order valence-electron chi connectivity index (χ3n) is 6.51. The van der Waals surface area contributed by atoms with E-state index in [2.05, 4.69) is 41.2 Å². The van der Waals surface area contributed by atoms with Crippen LogP contribution in [-0.4, -0.2) is 53.3 Å². The number of rotatable bonds is 4. The van der Waals surface area contributed by atoms with Crippen LogP contribution in [0, 0.1) is 5.82 Å². The quantitative estimate of drug-likeness (QED) is 0.450. The summed E-state index contributed by atoms with van der Waals surface area (Å²) in [6.07, 6.45) is 11.0. The standard InChI is InChI=1S/C23H19BrFN7O/c24-18-12-29-22-21(28-9-10-31(18)22)30-16-11-13-5-6-17(16)32(13)23(33)14-3-1-4-15(25)19(14)20-26-7-2-8-27-20/h1-4,7-10,12-13,16-17H,5-6,11H2,(H,28,30).